The predicted molar refractivity (Wildman–Crippen MR) is 69.0 cm³/mol. The molecule has 0 unspecified atom stereocenters. The van der Waals surface area contributed by atoms with Crippen molar-refractivity contribution in [2.75, 3.05) is 0 Å². The molecule has 18 heavy (non-hydrogen) atoms. The van der Waals surface area contributed by atoms with Crippen molar-refractivity contribution in [3.05, 3.63) is 59.9 Å². The van der Waals surface area contributed by atoms with Crippen molar-refractivity contribution in [2.24, 2.45) is 0 Å². The van der Waals surface area contributed by atoms with E-state index in [9.17, 15) is 4.79 Å². The van der Waals surface area contributed by atoms with E-state index in [1.165, 1.54) is 12.5 Å². The number of para-hydroxylation sites is 1. The van der Waals surface area contributed by atoms with Crippen LogP contribution in [0.5, 0.6) is 0 Å². The molecule has 0 radical (unpaired) electrons. The smallest absolute Gasteiger partial charge is 0.323 e. The molecule has 1 aromatic heterocycles. The molecule has 1 heterocycles. The fourth-order valence-corrected chi connectivity index (χ4v) is 1.81. The van der Waals surface area contributed by atoms with Crippen LogP contribution in [0.25, 0.3) is 11.0 Å². The van der Waals surface area contributed by atoms with Gasteiger partial charge in [-0.25, -0.2) is 4.79 Å². The summed E-state index contributed by atoms with van der Waals surface area (Å²) in [5.74, 6) is 0. The van der Waals surface area contributed by atoms with E-state index in [0.717, 1.165) is 16.6 Å². The van der Waals surface area contributed by atoms with Gasteiger partial charge in [-0.1, -0.05) is 25.3 Å². The number of aromatic nitrogens is 2. The van der Waals surface area contributed by atoms with E-state index in [1.807, 2.05) is 18.2 Å². The maximum Gasteiger partial charge on any atom is 0.323 e. The molecule has 2 rings (SSSR count). The minimum absolute atomic E-state index is 0.233. The molecule has 2 aromatic rings. The molecule has 1 aromatic carbocycles. The van der Waals surface area contributed by atoms with Gasteiger partial charge in [-0.05, 0) is 11.6 Å². The first-order chi connectivity index (χ1) is 8.74. The first-order valence-electron chi connectivity index (χ1n) is 5.47. The molecule has 0 fully saturated rings. The van der Waals surface area contributed by atoms with Crippen molar-refractivity contribution in [1.29, 1.82) is 0 Å². The van der Waals surface area contributed by atoms with Gasteiger partial charge < -0.3 is 19.4 Å². The zero-order valence-corrected chi connectivity index (χ0v) is 9.81. The lowest BCUT2D eigenvalue weighted by atomic mass is 10.1. The van der Waals surface area contributed by atoms with Gasteiger partial charge in [-0.2, -0.15) is 0 Å². The zero-order valence-electron chi connectivity index (χ0n) is 9.81. The molecule has 0 amide bonds. The molecule has 0 aliphatic heterocycles. The average Bonchev–Trinajstić information content (AvgIpc) is 2.71. The fraction of sp³-hybridized carbons (Fsp3) is 0.154. The highest BCUT2D eigenvalue weighted by atomic mass is 16.7. The minimum atomic E-state index is -0.510. The summed E-state index contributed by atoms with van der Waals surface area (Å²) < 4.78 is 10.4. The second-order valence-corrected chi connectivity index (χ2v) is 3.66. The Labute approximate surface area is 104 Å². The number of rotatable bonds is 6. The Bertz CT molecular complexity index is 602. The minimum Gasteiger partial charge on any atom is -0.463 e. The maximum absolute atomic E-state index is 11.3. The molecule has 0 saturated carbocycles. The number of H-pyrrole nitrogens is 2. The molecule has 0 atom stereocenters. The Morgan fingerprint density at radius 3 is 2.61 bits per heavy atom. The van der Waals surface area contributed by atoms with Gasteiger partial charge in [0.2, 0.25) is 6.29 Å². The summed E-state index contributed by atoms with van der Waals surface area (Å²) in [6.45, 7) is 6.98. The number of fused-ring (bicyclic) bond motifs is 1. The summed E-state index contributed by atoms with van der Waals surface area (Å²) in [4.78, 5) is 16.7. The Kier molecular flexibility index (Phi) is 3.52. The van der Waals surface area contributed by atoms with Gasteiger partial charge in [0.25, 0.3) is 0 Å². The Morgan fingerprint density at radius 2 is 1.94 bits per heavy atom. The summed E-state index contributed by atoms with van der Waals surface area (Å²) >= 11 is 0. The largest absolute Gasteiger partial charge is 0.463 e. The molecule has 0 aliphatic rings. The van der Waals surface area contributed by atoms with Crippen molar-refractivity contribution < 1.29 is 9.47 Å². The number of benzene rings is 1. The van der Waals surface area contributed by atoms with Crippen molar-refractivity contribution >= 4 is 11.0 Å². The van der Waals surface area contributed by atoms with Crippen LogP contribution in [0, 0.1) is 0 Å². The molecule has 0 aliphatic carbocycles. The van der Waals surface area contributed by atoms with Crippen LogP contribution >= 0.6 is 0 Å². The van der Waals surface area contributed by atoms with E-state index in [2.05, 4.69) is 23.1 Å². The van der Waals surface area contributed by atoms with Gasteiger partial charge in [-0.15, -0.1) is 0 Å². The quantitative estimate of drug-likeness (QED) is 0.605. The highest BCUT2D eigenvalue weighted by Crippen LogP contribution is 2.16. The topological polar surface area (TPSA) is 67.1 Å². The maximum atomic E-state index is 11.3. The van der Waals surface area contributed by atoms with Crippen molar-refractivity contribution in [3.63, 3.8) is 0 Å². The first-order valence-corrected chi connectivity index (χ1v) is 5.47. The lowest BCUT2D eigenvalue weighted by Crippen LogP contribution is -2.15. The number of imidazole rings is 1. The number of hydrogen-bond acceptors (Lipinski definition) is 3. The van der Waals surface area contributed by atoms with E-state index in [0.29, 0.717) is 6.42 Å². The van der Waals surface area contributed by atoms with Crippen LogP contribution in [0.2, 0.25) is 0 Å². The zero-order chi connectivity index (χ0) is 13.0. The third-order valence-electron chi connectivity index (χ3n) is 2.52. The highest BCUT2D eigenvalue weighted by Gasteiger charge is 2.12. The van der Waals surface area contributed by atoms with E-state index in [1.54, 1.807) is 0 Å². The number of ether oxygens (including phenoxy) is 2. The van der Waals surface area contributed by atoms with Crippen molar-refractivity contribution in [2.45, 2.75) is 12.7 Å². The molecule has 5 nitrogen and oxygen atoms in total. The molecule has 94 valence electrons. The first kappa shape index (κ1) is 12.0. The summed E-state index contributed by atoms with van der Waals surface area (Å²) in [5.41, 5.74) is 2.20. The second kappa shape index (κ2) is 5.27. The average molecular weight is 246 g/mol. The summed E-state index contributed by atoms with van der Waals surface area (Å²) in [5, 5.41) is 0. The SMILES string of the molecule is C=COC(Cc1cccc2[nH]c(=O)[nH]c12)OC=C. The van der Waals surface area contributed by atoms with Crippen LogP contribution in [-0.2, 0) is 15.9 Å². The molecule has 0 saturated heterocycles. The molecular formula is C13H14N2O3. The summed E-state index contributed by atoms with van der Waals surface area (Å²) in [7, 11) is 0. The number of nitrogens with one attached hydrogen (secondary N) is 2. The third kappa shape index (κ3) is 2.45. The van der Waals surface area contributed by atoms with Gasteiger partial charge in [0.15, 0.2) is 0 Å². The standard InChI is InChI=1S/C13H14N2O3/c1-3-17-11(18-4-2)8-9-6-5-7-10-12(9)15-13(16)14-10/h3-7,11H,1-2,8H2,(H2,14,15,16). The van der Waals surface area contributed by atoms with Crippen LogP contribution < -0.4 is 5.69 Å². The lowest BCUT2D eigenvalue weighted by molar-refractivity contribution is -0.0587. The van der Waals surface area contributed by atoms with Crippen LogP contribution in [-0.4, -0.2) is 16.3 Å². The Morgan fingerprint density at radius 1 is 1.22 bits per heavy atom. The normalized spacial score (nSPS) is 10.5. The van der Waals surface area contributed by atoms with E-state index in [4.69, 9.17) is 9.47 Å². The van der Waals surface area contributed by atoms with Gasteiger partial charge in [0.05, 0.1) is 23.6 Å². The summed E-state index contributed by atoms with van der Waals surface area (Å²) in [6, 6.07) is 5.59. The number of aromatic amines is 2. The lowest BCUT2D eigenvalue weighted by Gasteiger charge is -2.15. The van der Waals surface area contributed by atoms with Gasteiger partial charge in [0, 0.05) is 6.42 Å². The molecule has 0 bridgehead atoms. The monoisotopic (exact) mass is 246 g/mol. The molecule has 5 heteroatoms. The predicted octanol–water partition coefficient (Wildman–Crippen LogP) is 2.04. The van der Waals surface area contributed by atoms with Crippen molar-refractivity contribution in [1.82, 2.24) is 9.97 Å². The third-order valence-corrected chi connectivity index (χ3v) is 2.52. The van der Waals surface area contributed by atoms with Crippen molar-refractivity contribution in [3.8, 4) is 0 Å². The van der Waals surface area contributed by atoms with Crippen LogP contribution in [0.15, 0.2) is 48.7 Å². The molecule has 2 N–H and O–H groups in total. The van der Waals surface area contributed by atoms with Gasteiger partial charge in [0.1, 0.15) is 0 Å². The Hall–Kier alpha value is -2.43. The van der Waals surface area contributed by atoms with Crippen LogP contribution in [0.1, 0.15) is 5.56 Å². The van der Waals surface area contributed by atoms with E-state index in [-0.39, 0.29) is 5.69 Å². The fourth-order valence-electron chi connectivity index (χ4n) is 1.81. The molecular weight excluding hydrogens is 232 g/mol. The van der Waals surface area contributed by atoms with E-state index < -0.39 is 6.29 Å². The summed E-state index contributed by atoms with van der Waals surface area (Å²) in [6.07, 6.45) is 2.59. The second-order valence-electron chi connectivity index (χ2n) is 3.66. The van der Waals surface area contributed by atoms with E-state index >= 15 is 0 Å². The van der Waals surface area contributed by atoms with Crippen LogP contribution in [0.4, 0.5) is 0 Å². The van der Waals surface area contributed by atoms with Gasteiger partial charge in [-0.3, -0.25) is 0 Å². The number of hydrogen-bond donors (Lipinski definition) is 2. The highest BCUT2D eigenvalue weighted by molar-refractivity contribution is 5.78. The van der Waals surface area contributed by atoms with Crippen LogP contribution in [0.3, 0.4) is 0 Å². The Balaban J connectivity index is 2.31. The van der Waals surface area contributed by atoms with Gasteiger partial charge >= 0.3 is 5.69 Å². The molecule has 0 spiro atoms.